The molecule has 0 saturated carbocycles. The van der Waals surface area contributed by atoms with E-state index in [-0.39, 0.29) is 16.7 Å². The van der Waals surface area contributed by atoms with E-state index in [1.165, 1.54) is 7.11 Å². The van der Waals surface area contributed by atoms with Gasteiger partial charge in [-0.25, -0.2) is 4.98 Å². The van der Waals surface area contributed by atoms with Gasteiger partial charge in [-0.1, -0.05) is 29.3 Å². The Morgan fingerprint density at radius 3 is 2.80 bits per heavy atom. The Hall–Kier alpha value is -0.840. The number of halogens is 2. The van der Waals surface area contributed by atoms with Gasteiger partial charge in [0.2, 0.25) is 0 Å². The zero-order valence-corrected chi connectivity index (χ0v) is 9.55. The van der Waals surface area contributed by atoms with Crippen molar-refractivity contribution in [2.45, 2.75) is 12.5 Å². The summed E-state index contributed by atoms with van der Waals surface area (Å²) in [5.41, 5.74) is 6.33. The third-order valence-electron chi connectivity index (χ3n) is 1.86. The number of pyridine rings is 1. The Morgan fingerprint density at radius 2 is 2.27 bits per heavy atom. The molecule has 1 rings (SSSR count). The molecule has 6 heteroatoms. The van der Waals surface area contributed by atoms with Crippen molar-refractivity contribution in [3.05, 3.63) is 28.0 Å². The molecule has 15 heavy (non-hydrogen) atoms. The van der Waals surface area contributed by atoms with E-state index in [9.17, 15) is 4.79 Å². The Morgan fingerprint density at radius 1 is 1.60 bits per heavy atom. The van der Waals surface area contributed by atoms with Crippen LogP contribution in [0.4, 0.5) is 0 Å². The minimum absolute atomic E-state index is 0.0551. The Balaban J connectivity index is 2.82. The second kappa shape index (κ2) is 5.30. The van der Waals surface area contributed by atoms with Crippen LogP contribution in [0, 0.1) is 0 Å². The van der Waals surface area contributed by atoms with Gasteiger partial charge < -0.3 is 10.5 Å². The van der Waals surface area contributed by atoms with Crippen molar-refractivity contribution in [1.29, 1.82) is 0 Å². The number of esters is 1. The number of aromatic nitrogens is 1. The van der Waals surface area contributed by atoms with Gasteiger partial charge >= 0.3 is 5.97 Å². The summed E-state index contributed by atoms with van der Waals surface area (Å²) in [6.07, 6.45) is 0.0551. The number of hydrogen-bond donors (Lipinski definition) is 1. The van der Waals surface area contributed by atoms with Crippen LogP contribution in [0.5, 0.6) is 0 Å². The molecule has 0 saturated heterocycles. The van der Waals surface area contributed by atoms with Crippen LogP contribution in [0.2, 0.25) is 10.3 Å². The molecule has 0 fully saturated rings. The van der Waals surface area contributed by atoms with Crippen LogP contribution < -0.4 is 5.73 Å². The van der Waals surface area contributed by atoms with Crippen molar-refractivity contribution >= 4 is 29.2 Å². The fourth-order valence-electron chi connectivity index (χ4n) is 1.07. The van der Waals surface area contributed by atoms with E-state index in [2.05, 4.69) is 9.72 Å². The van der Waals surface area contributed by atoms with E-state index in [0.29, 0.717) is 5.56 Å². The standard InChI is InChI=1S/C9H10Cl2N2O2/c1-15-8(14)4-6(12)5-2-3-7(10)13-9(5)11/h2-3,6H,4,12H2,1H3. The highest BCUT2D eigenvalue weighted by molar-refractivity contribution is 6.32. The SMILES string of the molecule is COC(=O)CC(N)c1ccc(Cl)nc1Cl. The van der Waals surface area contributed by atoms with Crippen molar-refractivity contribution in [1.82, 2.24) is 4.98 Å². The lowest BCUT2D eigenvalue weighted by Gasteiger charge is -2.11. The molecule has 1 atom stereocenters. The molecular weight excluding hydrogens is 239 g/mol. The van der Waals surface area contributed by atoms with Crippen LogP contribution in [-0.4, -0.2) is 18.1 Å². The number of nitrogens with two attached hydrogens (primary N) is 1. The first kappa shape index (κ1) is 12.2. The molecule has 0 radical (unpaired) electrons. The molecule has 1 aromatic heterocycles. The lowest BCUT2D eigenvalue weighted by molar-refractivity contribution is -0.141. The van der Waals surface area contributed by atoms with Gasteiger partial charge in [-0.3, -0.25) is 4.79 Å². The summed E-state index contributed by atoms with van der Waals surface area (Å²) in [5, 5.41) is 0.493. The van der Waals surface area contributed by atoms with E-state index in [1.54, 1.807) is 12.1 Å². The first-order chi connectivity index (χ1) is 7.04. The Kier molecular flexibility index (Phi) is 4.32. The third-order valence-corrected chi connectivity index (χ3v) is 2.37. The summed E-state index contributed by atoms with van der Waals surface area (Å²) in [6, 6.07) is 2.68. The molecule has 0 bridgehead atoms. The number of carbonyl (C=O) groups excluding carboxylic acids is 1. The highest BCUT2D eigenvalue weighted by Crippen LogP contribution is 2.23. The number of hydrogen-bond acceptors (Lipinski definition) is 4. The molecule has 4 nitrogen and oxygen atoms in total. The highest BCUT2D eigenvalue weighted by Gasteiger charge is 2.15. The molecule has 0 aliphatic carbocycles. The molecule has 2 N–H and O–H groups in total. The van der Waals surface area contributed by atoms with Crippen LogP contribution >= 0.6 is 23.2 Å². The van der Waals surface area contributed by atoms with Gasteiger partial charge in [0.15, 0.2) is 0 Å². The molecule has 0 aromatic carbocycles. The molecule has 0 aliphatic rings. The summed E-state index contributed by atoms with van der Waals surface area (Å²) in [6.45, 7) is 0. The first-order valence-electron chi connectivity index (χ1n) is 4.19. The van der Waals surface area contributed by atoms with Gasteiger partial charge in [0, 0.05) is 11.6 Å². The number of ether oxygens (including phenoxy) is 1. The predicted octanol–water partition coefficient (Wildman–Crippen LogP) is 1.95. The predicted molar refractivity (Wildman–Crippen MR) is 57.8 cm³/mol. The molecule has 82 valence electrons. The minimum atomic E-state index is -0.533. The summed E-state index contributed by atoms with van der Waals surface area (Å²) < 4.78 is 4.50. The monoisotopic (exact) mass is 248 g/mol. The van der Waals surface area contributed by atoms with E-state index < -0.39 is 12.0 Å². The molecule has 0 amide bonds. The average Bonchev–Trinajstić information content (AvgIpc) is 2.17. The van der Waals surface area contributed by atoms with Crippen molar-refractivity contribution in [2.75, 3.05) is 7.11 Å². The molecule has 1 unspecified atom stereocenters. The van der Waals surface area contributed by atoms with Gasteiger partial charge in [0.05, 0.1) is 13.5 Å². The average molecular weight is 249 g/mol. The van der Waals surface area contributed by atoms with Crippen LogP contribution in [0.1, 0.15) is 18.0 Å². The topological polar surface area (TPSA) is 65.2 Å². The second-order valence-corrected chi connectivity index (χ2v) is 3.65. The highest BCUT2D eigenvalue weighted by atomic mass is 35.5. The number of methoxy groups -OCH3 is 1. The van der Waals surface area contributed by atoms with E-state index in [4.69, 9.17) is 28.9 Å². The first-order valence-corrected chi connectivity index (χ1v) is 4.94. The summed E-state index contributed by atoms with van der Waals surface area (Å²) in [4.78, 5) is 14.8. The minimum Gasteiger partial charge on any atom is -0.469 e. The van der Waals surface area contributed by atoms with Gasteiger partial charge in [-0.15, -0.1) is 0 Å². The zero-order valence-electron chi connectivity index (χ0n) is 8.04. The fourth-order valence-corrected chi connectivity index (χ4v) is 1.56. The number of rotatable bonds is 3. The second-order valence-electron chi connectivity index (χ2n) is 2.90. The van der Waals surface area contributed by atoms with Crippen LogP contribution in [0.15, 0.2) is 12.1 Å². The smallest absolute Gasteiger partial charge is 0.307 e. The normalized spacial score (nSPS) is 12.3. The van der Waals surface area contributed by atoms with Gasteiger partial charge in [-0.05, 0) is 6.07 Å². The van der Waals surface area contributed by atoms with Crippen molar-refractivity contribution in [3.63, 3.8) is 0 Å². The largest absolute Gasteiger partial charge is 0.469 e. The summed E-state index contributed by atoms with van der Waals surface area (Å²) >= 11 is 11.5. The number of nitrogens with zero attached hydrogens (tertiary/aromatic N) is 1. The van der Waals surface area contributed by atoms with Gasteiger partial charge in [-0.2, -0.15) is 0 Å². The molecule has 1 heterocycles. The maximum Gasteiger partial charge on any atom is 0.307 e. The quantitative estimate of drug-likeness (QED) is 0.656. The summed E-state index contributed by atoms with van der Waals surface area (Å²) in [5.74, 6) is -0.395. The van der Waals surface area contributed by atoms with Gasteiger partial charge in [0.25, 0.3) is 0 Å². The zero-order chi connectivity index (χ0) is 11.4. The maximum atomic E-state index is 11.0. The maximum absolute atomic E-state index is 11.0. The summed E-state index contributed by atoms with van der Waals surface area (Å²) in [7, 11) is 1.30. The fraction of sp³-hybridized carbons (Fsp3) is 0.333. The molecule has 0 spiro atoms. The number of carbonyl (C=O) groups is 1. The van der Waals surface area contributed by atoms with Crippen molar-refractivity contribution in [2.24, 2.45) is 5.73 Å². The van der Waals surface area contributed by atoms with Crippen LogP contribution in [0.3, 0.4) is 0 Å². The van der Waals surface area contributed by atoms with E-state index in [0.717, 1.165) is 0 Å². The molecule has 0 aliphatic heterocycles. The Labute approximate surface area is 97.3 Å². The third kappa shape index (κ3) is 3.34. The molecular formula is C9H10Cl2N2O2. The Bertz CT molecular complexity index is 371. The van der Waals surface area contributed by atoms with E-state index in [1.807, 2.05) is 0 Å². The lowest BCUT2D eigenvalue weighted by Crippen LogP contribution is -2.17. The lowest BCUT2D eigenvalue weighted by atomic mass is 10.1. The molecule has 1 aromatic rings. The van der Waals surface area contributed by atoms with Crippen LogP contribution in [-0.2, 0) is 9.53 Å². The van der Waals surface area contributed by atoms with Gasteiger partial charge in [0.1, 0.15) is 10.3 Å². The van der Waals surface area contributed by atoms with Crippen molar-refractivity contribution in [3.8, 4) is 0 Å². The van der Waals surface area contributed by atoms with Crippen molar-refractivity contribution < 1.29 is 9.53 Å². The van der Waals surface area contributed by atoms with E-state index >= 15 is 0 Å². The van der Waals surface area contributed by atoms with Crippen LogP contribution in [0.25, 0.3) is 0 Å².